The normalized spacial score (nSPS) is 20.1. The van der Waals surface area contributed by atoms with Gasteiger partial charge in [0, 0.05) is 18.0 Å². The Labute approximate surface area is 90.5 Å². The van der Waals surface area contributed by atoms with Gasteiger partial charge in [-0.05, 0) is 50.4 Å². The smallest absolute Gasteiger partial charge is 0.0836 e. The quantitative estimate of drug-likeness (QED) is 0.769. The third-order valence-electron chi connectivity index (χ3n) is 3.23. The molecule has 1 aromatic rings. The first kappa shape index (κ1) is 10.6. The van der Waals surface area contributed by atoms with Gasteiger partial charge in [-0.15, -0.1) is 0 Å². The van der Waals surface area contributed by atoms with Crippen LogP contribution in [0.3, 0.4) is 0 Å². The highest BCUT2D eigenvalue weighted by molar-refractivity contribution is 5.24. The van der Waals surface area contributed by atoms with E-state index < -0.39 is 0 Å². The molecule has 0 radical (unpaired) electrons. The van der Waals surface area contributed by atoms with Crippen LogP contribution in [-0.2, 0) is 0 Å². The van der Waals surface area contributed by atoms with Crippen molar-refractivity contribution in [1.29, 1.82) is 0 Å². The van der Waals surface area contributed by atoms with Crippen LogP contribution in [0.4, 0.5) is 0 Å². The van der Waals surface area contributed by atoms with E-state index in [1.807, 2.05) is 13.0 Å². The summed E-state index contributed by atoms with van der Waals surface area (Å²) in [5.41, 5.74) is 2.13. The molecule has 1 aromatic heterocycles. The van der Waals surface area contributed by atoms with E-state index in [2.05, 4.69) is 10.3 Å². The van der Waals surface area contributed by atoms with Crippen molar-refractivity contribution in [3.63, 3.8) is 0 Å². The van der Waals surface area contributed by atoms with Crippen LogP contribution in [-0.4, -0.2) is 23.2 Å². The number of aryl methyl sites for hydroxylation is 1. The van der Waals surface area contributed by atoms with Crippen molar-refractivity contribution in [1.82, 2.24) is 10.3 Å². The highest BCUT2D eigenvalue weighted by Crippen LogP contribution is 2.29. The Morgan fingerprint density at radius 2 is 2.20 bits per heavy atom. The average molecular weight is 206 g/mol. The van der Waals surface area contributed by atoms with Crippen LogP contribution in [0.15, 0.2) is 18.5 Å². The first-order valence-electron chi connectivity index (χ1n) is 5.58. The third-order valence-corrected chi connectivity index (χ3v) is 3.23. The second kappa shape index (κ2) is 4.73. The van der Waals surface area contributed by atoms with Gasteiger partial charge in [0.25, 0.3) is 0 Å². The van der Waals surface area contributed by atoms with E-state index in [-0.39, 0.29) is 6.10 Å². The van der Waals surface area contributed by atoms with E-state index in [4.69, 9.17) is 0 Å². The number of aliphatic hydroxyl groups excluding tert-OH is 1. The number of hydrogen-bond donors (Lipinski definition) is 2. The molecule has 1 aliphatic heterocycles. The number of hydrogen-bond acceptors (Lipinski definition) is 3. The Hall–Kier alpha value is -0.930. The highest BCUT2D eigenvalue weighted by atomic mass is 16.3. The molecule has 3 heteroatoms. The molecule has 2 N–H and O–H groups in total. The van der Waals surface area contributed by atoms with Crippen LogP contribution >= 0.6 is 0 Å². The van der Waals surface area contributed by atoms with E-state index >= 15 is 0 Å². The molecule has 0 amide bonds. The minimum absolute atomic E-state index is 0.346. The summed E-state index contributed by atoms with van der Waals surface area (Å²) in [6, 6.07) is 1.96. The molecule has 0 aliphatic carbocycles. The summed E-state index contributed by atoms with van der Waals surface area (Å²) in [6.45, 7) is 4.06. The first-order chi connectivity index (χ1) is 7.29. The predicted molar refractivity (Wildman–Crippen MR) is 59.5 cm³/mol. The van der Waals surface area contributed by atoms with Gasteiger partial charge in [-0.2, -0.15) is 0 Å². The third kappa shape index (κ3) is 2.36. The minimum Gasteiger partial charge on any atom is -0.388 e. The van der Waals surface area contributed by atoms with Crippen LogP contribution in [0.2, 0.25) is 0 Å². The summed E-state index contributed by atoms with van der Waals surface area (Å²) < 4.78 is 0. The van der Waals surface area contributed by atoms with Crippen LogP contribution in [0.25, 0.3) is 0 Å². The maximum absolute atomic E-state index is 10.3. The standard InChI is InChI=1S/C12H18N2O/c1-9-2-5-14-8-11(9)12(15)10-3-6-13-7-4-10/h2,5,8,10,12-13,15H,3-4,6-7H2,1H3. The Balaban J connectivity index is 2.12. The van der Waals surface area contributed by atoms with E-state index in [0.29, 0.717) is 5.92 Å². The summed E-state index contributed by atoms with van der Waals surface area (Å²) in [4.78, 5) is 4.09. The molecule has 0 spiro atoms. The van der Waals surface area contributed by atoms with Gasteiger partial charge in [0.15, 0.2) is 0 Å². The Morgan fingerprint density at radius 3 is 2.87 bits per heavy atom. The van der Waals surface area contributed by atoms with E-state index in [1.54, 1.807) is 12.4 Å². The fourth-order valence-electron chi connectivity index (χ4n) is 2.20. The van der Waals surface area contributed by atoms with Gasteiger partial charge in [0.05, 0.1) is 6.10 Å². The predicted octanol–water partition coefficient (Wildman–Crippen LogP) is 1.42. The van der Waals surface area contributed by atoms with Crippen LogP contribution in [0.1, 0.15) is 30.1 Å². The highest BCUT2D eigenvalue weighted by Gasteiger charge is 2.23. The summed E-state index contributed by atoms with van der Waals surface area (Å²) in [5, 5.41) is 13.6. The van der Waals surface area contributed by atoms with Crippen molar-refractivity contribution in [3.05, 3.63) is 29.6 Å². The lowest BCUT2D eigenvalue weighted by atomic mass is 9.87. The van der Waals surface area contributed by atoms with Crippen LogP contribution in [0.5, 0.6) is 0 Å². The van der Waals surface area contributed by atoms with E-state index in [1.165, 1.54) is 0 Å². The lowest BCUT2D eigenvalue weighted by Gasteiger charge is -2.28. The minimum atomic E-state index is -0.346. The molecule has 0 saturated carbocycles. The molecule has 2 heterocycles. The average Bonchev–Trinajstić information content (AvgIpc) is 2.30. The number of piperidine rings is 1. The van der Waals surface area contributed by atoms with E-state index in [9.17, 15) is 5.11 Å². The van der Waals surface area contributed by atoms with Gasteiger partial charge in [-0.3, -0.25) is 4.98 Å². The van der Waals surface area contributed by atoms with Gasteiger partial charge in [0.1, 0.15) is 0 Å². The zero-order valence-electron chi connectivity index (χ0n) is 9.11. The SMILES string of the molecule is Cc1ccncc1C(O)C1CCNCC1. The van der Waals surface area contributed by atoms with Crippen molar-refractivity contribution in [2.75, 3.05) is 13.1 Å². The lowest BCUT2D eigenvalue weighted by molar-refractivity contribution is 0.0881. The number of nitrogens with zero attached hydrogens (tertiary/aromatic N) is 1. The molecule has 3 nitrogen and oxygen atoms in total. The second-order valence-corrected chi connectivity index (χ2v) is 4.26. The van der Waals surface area contributed by atoms with Crippen LogP contribution in [0, 0.1) is 12.8 Å². The summed E-state index contributed by atoms with van der Waals surface area (Å²) in [6.07, 6.45) is 5.32. The van der Waals surface area contributed by atoms with Crippen LogP contribution < -0.4 is 5.32 Å². The Kier molecular flexibility index (Phi) is 3.34. The number of aromatic nitrogens is 1. The van der Waals surface area contributed by atoms with Gasteiger partial charge < -0.3 is 10.4 Å². The summed E-state index contributed by atoms with van der Waals surface area (Å²) >= 11 is 0. The topological polar surface area (TPSA) is 45.2 Å². The van der Waals surface area contributed by atoms with Gasteiger partial charge in [-0.25, -0.2) is 0 Å². The molecular weight excluding hydrogens is 188 g/mol. The van der Waals surface area contributed by atoms with E-state index in [0.717, 1.165) is 37.1 Å². The van der Waals surface area contributed by atoms with Crippen molar-refractivity contribution < 1.29 is 5.11 Å². The number of aliphatic hydroxyl groups is 1. The molecule has 1 unspecified atom stereocenters. The molecular formula is C12H18N2O. The van der Waals surface area contributed by atoms with Gasteiger partial charge in [-0.1, -0.05) is 0 Å². The molecule has 1 fully saturated rings. The first-order valence-corrected chi connectivity index (χ1v) is 5.58. The molecule has 0 aromatic carbocycles. The van der Waals surface area contributed by atoms with Crippen molar-refractivity contribution in [2.24, 2.45) is 5.92 Å². The van der Waals surface area contributed by atoms with Gasteiger partial charge in [0.2, 0.25) is 0 Å². The Bertz CT molecular complexity index is 321. The molecule has 0 bridgehead atoms. The second-order valence-electron chi connectivity index (χ2n) is 4.26. The van der Waals surface area contributed by atoms with Crippen molar-refractivity contribution >= 4 is 0 Å². The number of rotatable bonds is 2. The molecule has 2 rings (SSSR count). The van der Waals surface area contributed by atoms with Crippen molar-refractivity contribution in [2.45, 2.75) is 25.9 Å². The molecule has 15 heavy (non-hydrogen) atoms. The summed E-state index contributed by atoms with van der Waals surface area (Å²) in [7, 11) is 0. The fraction of sp³-hybridized carbons (Fsp3) is 0.583. The number of nitrogens with one attached hydrogen (secondary N) is 1. The molecule has 82 valence electrons. The summed E-state index contributed by atoms with van der Waals surface area (Å²) in [5.74, 6) is 0.383. The molecule has 1 aliphatic rings. The maximum Gasteiger partial charge on any atom is 0.0836 e. The largest absolute Gasteiger partial charge is 0.388 e. The lowest BCUT2D eigenvalue weighted by Crippen LogP contribution is -2.31. The maximum atomic E-state index is 10.3. The van der Waals surface area contributed by atoms with Gasteiger partial charge >= 0.3 is 0 Å². The number of pyridine rings is 1. The van der Waals surface area contributed by atoms with Crippen molar-refractivity contribution in [3.8, 4) is 0 Å². The fourth-order valence-corrected chi connectivity index (χ4v) is 2.20. The molecule has 1 atom stereocenters. The monoisotopic (exact) mass is 206 g/mol. The Morgan fingerprint density at radius 1 is 1.47 bits per heavy atom. The molecule has 1 saturated heterocycles. The zero-order valence-corrected chi connectivity index (χ0v) is 9.11. The zero-order chi connectivity index (χ0) is 10.7.